The zero-order valence-electron chi connectivity index (χ0n) is 38.0. The summed E-state index contributed by atoms with van der Waals surface area (Å²) in [4.78, 5) is 17.8. The second-order valence-electron chi connectivity index (χ2n) is 17.6. The Kier molecular flexibility index (Phi) is 8.55. The fourth-order valence-electron chi connectivity index (χ4n) is 11.1. The zero-order valence-corrected chi connectivity index (χ0v) is 39.6. The number of H-pyrrole nitrogens is 4. The molecule has 0 radical (unpaired) electrons. The lowest BCUT2D eigenvalue weighted by Gasteiger charge is -2.04. The lowest BCUT2D eigenvalue weighted by molar-refractivity contribution is 1.50. The summed E-state index contributed by atoms with van der Waals surface area (Å²) in [5.41, 5.74) is 12.0. The summed E-state index contributed by atoms with van der Waals surface area (Å²) in [5, 5.41) is 20.1. The molecule has 4 N–H and O–H groups in total. The largest absolute Gasteiger partial charge is 0.354 e. The molecule has 4 nitrogen and oxygen atoms in total. The summed E-state index contributed by atoms with van der Waals surface area (Å²) in [6, 6.07) is 63.4. The summed E-state index contributed by atoms with van der Waals surface area (Å²) in [7, 11) is 0. The third-order valence-corrected chi connectivity index (χ3v) is 16.6. The SMILES string of the molecule is CC.CC.c1ccc2c(c1)ccc1c3cc4[nH]c5c6ccc(-c7cc8sc(-c9ccc%10c(ccc%11c%12cc%13[nH]c%14c%15ccccc%15ccc%14c%13cc%12[nH]c%10%11)c9)cc8s7)cc6ccc5c4cc3[nH]c21. The number of aromatic amines is 4. The van der Waals surface area contributed by atoms with Gasteiger partial charge in [-0.25, -0.2) is 0 Å². The molecule has 0 saturated heterocycles. The standard InChI is InChI=1S/C58H32N4S2.2C2H6/c1-3-7-35-29(5-1)9-17-39-43-23-49-45(25-47(43)59-55(35)39)41-19-11-31-21-33(13-15-37(31)57(41)61-49)51-27-53-54(63-51)28-52(64-53)34-14-16-38-32(22-34)12-20-42-46-26-48-44(24-50(46)62-58(38)42)40-18-10-30-6-2-4-8-36(30)56(40)60-48;2*1-2/h1-28,59-62H;2*1-2H3. The molecule has 0 atom stereocenters. The number of benzene rings is 10. The van der Waals surface area contributed by atoms with E-state index in [2.05, 4.69) is 190 Å². The lowest BCUT2D eigenvalue weighted by atomic mass is 10.0. The monoisotopic (exact) mass is 908 g/mol. The number of hydrogen-bond acceptors (Lipinski definition) is 2. The Hall–Kier alpha value is -7.90. The molecule has 0 bridgehead atoms. The van der Waals surface area contributed by atoms with E-state index in [-0.39, 0.29) is 0 Å². The van der Waals surface area contributed by atoms with Gasteiger partial charge in [0.2, 0.25) is 0 Å². The third-order valence-electron chi connectivity index (χ3n) is 14.2. The van der Waals surface area contributed by atoms with Gasteiger partial charge >= 0.3 is 0 Å². The van der Waals surface area contributed by atoms with Crippen LogP contribution in [-0.4, -0.2) is 19.9 Å². The van der Waals surface area contributed by atoms with Gasteiger partial charge in [-0.05, 0) is 81.2 Å². The first-order valence-corrected chi connectivity index (χ1v) is 25.4. The van der Waals surface area contributed by atoms with Crippen LogP contribution in [-0.2, 0) is 0 Å². The van der Waals surface area contributed by atoms with E-state index in [0.29, 0.717) is 0 Å². The van der Waals surface area contributed by atoms with Crippen LogP contribution < -0.4 is 0 Å². The van der Waals surface area contributed by atoms with Crippen LogP contribution in [0.1, 0.15) is 27.7 Å². The Morgan fingerprint density at radius 3 is 0.941 bits per heavy atom. The number of aromatic nitrogens is 4. The Labute approximate surface area is 398 Å². The van der Waals surface area contributed by atoms with Crippen molar-refractivity contribution in [1.29, 1.82) is 0 Å². The van der Waals surface area contributed by atoms with Gasteiger partial charge in [0.05, 0.1) is 22.1 Å². The second-order valence-corrected chi connectivity index (χ2v) is 19.8. The minimum Gasteiger partial charge on any atom is -0.354 e. The third kappa shape index (κ3) is 5.59. The minimum atomic E-state index is 1.17. The number of hydrogen-bond donors (Lipinski definition) is 4. The molecule has 16 rings (SSSR count). The Bertz CT molecular complexity index is 4410. The van der Waals surface area contributed by atoms with Crippen LogP contribution >= 0.6 is 22.7 Å². The molecule has 6 heteroatoms. The van der Waals surface area contributed by atoms with E-state index in [4.69, 9.17) is 0 Å². The molecular formula is C62H44N4S2. The maximum Gasteiger partial charge on any atom is 0.0544 e. The first kappa shape index (κ1) is 39.3. The first-order valence-electron chi connectivity index (χ1n) is 23.8. The summed E-state index contributed by atoms with van der Waals surface area (Å²) in [5.74, 6) is 0. The maximum absolute atomic E-state index is 3.83. The molecule has 68 heavy (non-hydrogen) atoms. The first-order chi connectivity index (χ1) is 33.6. The maximum atomic E-state index is 3.83. The van der Waals surface area contributed by atoms with Crippen LogP contribution in [0.5, 0.6) is 0 Å². The highest BCUT2D eigenvalue weighted by Gasteiger charge is 2.17. The Morgan fingerprint density at radius 1 is 0.265 bits per heavy atom. The van der Waals surface area contributed by atoms with Crippen LogP contribution in [0.4, 0.5) is 0 Å². The summed E-state index contributed by atoms with van der Waals surface area (Å²) < 4.78 is 2.67. The van der Waals surface area contributed by atoms with E-state index in [0.717, 1.165) is 0 Å². The molecule has 0 fully saturated rings. The highest BCUT2D eigenvalue weighted by atomic mass is 32.1. The van der Waals surface area contributed by atoms with Crippen LogP contribution in [0.25, 0.3) is 161 Å². The average molecular weight is 909 g/mol. The number of rotatable bonds is 2. The van der Waals surface area contributed by atoms with Crippen molar-refractivity contribution >= 4 is 162 Å². The molecule has 0 aliphatic carbocycles. The van der Waals surface area contributed by atoms with Gasteiger partial charge in [-0.3, -0.25) is 0 Å². The van der Waals surface area contributed by atoms with Crippen molar-refractivity contribution in [3.8, 4) is 20.9 Å². The Morgan fingerprint density at radius 2 is 0.574 bits per heavy atom. The highest BCUT2D eigenvalue weighted by molar-refractivity contribution is 7.31. The topological polar surface area (TPSA) is 63.2 Å². The molecule has 0 aliphatic heterocycles. The van der Waals surface area contributed by atoms with E-state index < -0.39 is 0 Å². The molecular weight excluding hydrogens is 865 g/mol. The molecule has 0 unspecified atom stereocenters. The summed E-state index contributed by atoms with van der Waals surface area (Å²) >= 11 is 3.77. The molecule has 0 aliphatic rings. The van der Waals surface area contributed by atoms with Gasteiger partial charge in [-0.15, -0.1) is 22.7 Å². The van der Waals surface area contributed by atoms with Crippen molar-refractivity contribution in [3.63, 3.8) is 0 Å². The predicted molar refractivity (Wildman–Crippen MR) is 301 cm³/mol. The minimum absolute atomic E-state index is 1.17. The van der Waals surface area contributed by atoms with Crippen molar-refractivity contribution in [2.75, 3.05) is 0 Å². The normalized spacial score (nSPS) is 12.1. The molecule has 10 aromatic carbocycles. The van der Waals surface area contributed by atoms with Crippen molar-refractivity contribution in [2.45, 2.75) is 27.7 Å². The van der Waals surface area contributed by atoms with Crippen molar-refractivity contribution < 1.29 is 0 Å². The fraction of sp³-hybridized carbons (Fsp3) is 0.0645. The van der Waals surface area contributed by atoms with Gasteiger partial charge in [-0.2, -0.15) is 0 Å². The average Bonchev–Trinajstić information content (AvgIpc) is 4.26. The van der Waals surface area contributed by atoms with Gasteiger partial charge in [0.25, 0.3) is 0 Å². The van der Waals surface area contributed by atoms with E-state index >= 15 is 0 Å². The van der Waals surface area contributed by atoms with Crippen molar-refractivity contribution in [1.82, 2.24) is 19.9 Å². The second kappa shape index (κ2) is 14.8. The summed E-state index contributed by atoms with van der Waals surface area (Å²) in [6.07, 6.45) is 0. The molecule has 16 aromatic rings. The molecule has 0 saturated carbocycles. The molecule has 0 amide bonds. The number of thiophene rings is 2. The van der Waals surface area contributed by atoms with Crippen molar-refractivity contribution in [3.05, 3.63) is 170 Å². The van der Waals surface area contributed by atoms with E-state index in [1.807, 2.05) is 50.4 Å². The predicted octanol–water partition coefficient (Wildman–Crippen LogP) is 19.5. The van der Waals surface area contributed by atoms with E-state index in [1.54, 1.807) is 0 Å². The fourth-order valence-corrected chi connectivity index (χ4v) is 13.5. The van der Waals surface area contributed by atoms with Gasteiger partial charge in [-0.1, -0.05) is 149 Å². The Balaban J connectivity index is 0.00000107. The van der Waals surface area contributed by atoms with Gasteiger partial charge in [0, 0.05) is 106 Å². The quantitative estimate of drug-likeness (QED) is 0.134. The van der Waals surface area contributed by atoms with Crippen molar-refractivity contribution in [2.24, 2.45) is 0 Å². The lowest BCUT2D eigenvalue weighted by Crippen LogP contribution is -1.79. The summed E-state index contributed by atoms with van der Waals surface area (Å²) in [6.45, 7) is 8.00. The van der Waals surface area contributed by atoms with E-state index in [9.17, 15) is 0 Å². The zero-order chi connectivity index (χ0) is 45.4. The number of nitrogens with one attached hydrogen (secondary N) is 4. The number of fused-ring (bicyclic) bond motifs is 21. The van der Waals surface area contributed by atoms with Crippen LogP contribution in [0.15, 0.2) is 170 Å². The molecule has 0 spiro atoms. The van der Waals surface area contributed by atoms with Gasteiger partial charge < -0.3 is 19.9 Å². The smallest absolute Gasteiger partial charge is 0.0544 e. The van der Waals surface area contributed by atoms with Crippen LogP contribution in [0, 0.1) is 0 Å². The molecule has 324 valence electrons. The van der Waals surface area contributed by atoms with E-state index in [1.165, 1.54) is 161 Å². The molecule has 6 heterocycles. The van der Waals surface area contributed by atoms with Gasteiger partial charge in [0.1, 0.15) is 0 Å². The van der Waals surface area contributed by atoms with Crippen LogP contribution in [0.2, 0.25) is 0 Å². The van der Waals surface area contributed by atoms with Gasteiger partial charge in [0.15, 0.2) is 0 Å². The molecule has 6 aromatic heterocycles. The van der Waals surface area contributed by atoms with Crippen LogP contribution in [0.3, 0.4) is 0 Å². The highest BCUT2D eigenvalue weighted by Crippen LogP contribution is 2.45.